The third-order valence-electron chi connectivity index (χ3n) is 3.75. The number of rotatable bonds is 6. The minimum absolute atomic E-state index is 0.106. The van der Waals surface area contributed by atoms with Gasteiger partial charge in [-0.25, -0.2) is 8.78 Å². The van der Waals surface area contributed by atoms with E-state index in [1.165, 1.54) is 18.3 Å². The Labute approximate surface area is 130 Å². The number of halogens is 2. The van der Waals surface area contributed by atoms with E-state index in [2.05, 4.69) is 15.2 Å². The molecule has 1 fully saturated rings. The number of carbonyl (C=O) groups is 1. The summed E-state index contributed by atoms with van der Waals surface area (Å²) in [7, 11) is 0. The number of aliphatic carboxylic acids is 1. The first-order valence-corrected chi connectivity index (χ1v) is 6.95. The molecular weight excluding hydrogens is 308 g/mol. The van der Waals surface area contributed by atoms with E-state index in [-0.39, 0.29) is 18.2 Å². The topological polar surface area (TPSA) is 85.2 Å². The van der Waals surface area contributed by atoms with Crippen molar-refractivity contribution in [3.8, 4) is 5.88 Å². The van der Waals surface area contributed by atoms with E-state index in [1.807, 2.05) is 0 Å². The first-order chi connectivity index (χ1) is 11.0. The summed E-state index contributed by atoms with van der Waals surface area (Å²) in [6.45, 7) is 0.106. The quantitative estimate of drug-likeness (QED) is 0.880. The Hall–Kier alpha value is -2.64. The molecule has 3 rings (SSSR count). The fourth-order valence-electron chi connectivity index (χ4n) is 2.16. The summed E-state index contributed by atoms with van der Waals surface area (Å²) in [6.07, 6.45) is -0.182. The molecule has 0 amide bonds. The van der Waals surface area contributed by atoms with E-state index in [9.17, 15) is 18.7 Å². The number of nitrogens with zero attached hydrogens (tertiary/aromatic N) is 3. The molecule has 0 bridgehead atoms. The smallest absolute Gasteiger partial charge is 0.315 e. The molecule has 0 spiro atoms. The molecule has 8 heteroatoms. The van der Waals surface area contributed by atoms with Crippen LogP contribution >= 0.6 is 0 Å². The molecule has 6 nitrogen and oxygen atoms in total. The van der Waals surface area contributed by atoms with Crippen molar-refractivity contribution in [1.29, 1.82) is 0 Å². The van der Waals surface area contributed by atoms with Crippen LogP contribution in [0.4, 0.5) is 8.78 Å². The fraction of sp³-hybridized carbons (Fsp3) is 0.333. The monoisotopic (exact) mass is 321 g/mol. The predicted octanol–water partition coefficient (Wildman–Crippen LogP) is 2.50. The zero-order valence-corrected chi connectivity index (χ0v) is 11.9. The van der Waals surface area contributed by atoms with Crippen LogP contribution in [0.5, 0.6) is 5.88 Å². The second-order valence-electron chi connectivity index (χ2n) is 5.32. The maximum Gasteiger partial charge on any atom is 0.315 e. The van der Waals surface area contributed by atoms with E-state index in [0.29, 0.717) is 24.1 Å². The van der Waals surface area contributed by atoms with Gasteiger partial charge in [-0.1, -0.05) is 6.07 Å². The van der Waals surface area contributed by atoms with Crippen LogP contribution < -0.4 is 4.74 Å². The SMILES string of the molecule is O=C(O)C1(c2ccc(OCc3ccc(C(F)F)nc3)nn2)CC1. The van der Waals surface area contributed by atoms with Gasteiger partial charge in [-0.05, 0) is 25.0 Å². The number of pyridine rings is 1. The molecule has 1 aliphatic carbocycles. The molecule has 2 aromatic rings. The first-order valence-electron chi connectivity index (χ1n) is 6.95. The van der Waals surface area contributed by atoms with E-state index >= 15 is 0 Å². The predicted molar refractivity (Wildman–Crippen MR) is 74.1 cm³/mol. The highest BCUT2D eigenvalue weighted by molar-refractivity contribution is 5.84. The zero-order chi connectivity index (χ0) is 16.4. The molecule has 0 aliphatic heterocycles. The van der Waals surface area contributed by atoms with E-state index in [1.54, 1.807) is 12.1 Å². The van der Waals surface area contributed by atoms with Crippen molar-refractivity contribution in [2.24, 2.45) is 0 Å². The summed E-state index contributed by atoms with van der Waals surface area (Å²) in [6, 6.07) is 5.87. The van der Waals surface area contributed by atoms with Gasteiger partial charge < -0.3 is 9.84 Å². The van der Waals surface area contributed by atoms with Crippen molar-refractivity contribution in [2.75, 3.05) is 0 Å². The van der Waals surface area contributed by atoms with Gasteiger partial charge in [0.15, 0.2) is 0 Å². The van der Waals surface area contributed by atoms with Crippen LogP contribution in [0, 0.1) is 0 Å². The summed E-state index contributed by atoms with van der Waals surface area (Å²) >= 11 is 0. The van der Waals surface area contributed by atoms with Gasteiger partial charge in [0.05, 0.1) is 5.69 Å². The summed E-state index contributed by atoms with van der Waals surface area (Å²) < 4.78 is 30.2. The number of aromatic nitrogens is 3. The van der Waals surface area contributed by atoms with Gasteiger partial charge >= 0.3 is 5.97 Å². The number of ether oxygens (including phenoxy) is 1. The molecule has 1 N–H and O–H groups in total. The molecule has 2 aromatic heterocycles. The Morgan fingerprint density at radius 2 is 2.04 bits per heavy atom. The largest absolute Gasteiger partial charge is 0.481 e. The molecule has 0 radical (unpaired) electrons. The van der Waals surface area contributed by atoms with Gasteiger partial charge in [-0.2, -0.15) is 5.10 Å². The normalized spacial score (nSPS) is 15.4. The number of hydrogen-bond acceptors (Lipinski definition) is 5. The van der Waals surface area contributed by atoms with Crippen molar-refractivity contribution in [3.05, 3.63) is 47.4 Å². The molecular formula is C15H13F2N3O3. The van der Waals surface area contributed by atoms with E-state index < -0.39 is 17.8 Å². The first kappa shape index (κ1) is 15.3. The van der Waals surface area contributed by atoms with E-state index in [4.69, 9.17) is 4.74 Å². The Kier molecular flexibility index (Phi) is 3.89. The summed E-state index contributed by atoms with van der Waals surface area (Å²) in [5.41, 5.74) is -0.160. The molecule has 0 atom stereocenters. The number of hydrogen-bond donors (Lipinski definition) is 1. The van der Waals surface area contributed by atoms with Crippen LogP contribution in [0.1, 0.15) is 36.2 Å². The molecule has 23 heavy (non-hydrogen) atoms. The molecule has 2 heterocycles. The lowest BCUT2D eigenvalue weighted by atomic mass is 10.0. The molecule has 1 saturated carbocycles. The third kappa shape index (κ3) is 3.10. The van der Waals surface area contributed by atoms with Crippen molar-refractivity contribution < 1.29 is 23.4 Å². The number of carboxylic acid groups (broad SMARTS) is 1. The average Bonchev–Trinajstić information content (AvgIpc) is 3.36. The Morgan fingerprint density at radius 3 is 2.52 bits per heavy atom. The Morgan fingerprint density at radius 1 is 1.26 bits per heavy atom. The van der Waals surface area contributed by atoms with Crippen LogP contribution in [-0.4, -0.2) is 26.3 Å². The second kappa shape index (κ2) is 5.86. The lowest BCUT2D eigenvalue weighted by Crippen LogP contribution is -2.21. The number of alkyl halides is 2. The molecule has 1 aliphatic rings. The van der Waals surface area contributed by atoms with Crippen molar-refractivity contribution in [3.63, 3.8) is 0 Å². The van der Waals surface area contributed by atoms with Crippen molar-refractivity contribution in [1.82, 2.24) is 15.2 Å². The van der Waals surface area contributed by atoms with Crippen molar-refractivity contribution in [2.45, 2.75) is 31.3 Å². The lowest BCUT2D eigenvalue weighted by molar-refractivity contribution is -0.140. The summed E-state index contributed by atoms with van der Waals surface area (Å²) in [5.74, 6) is -0.668. The van der Waals surface area contributed by atoms with Crippen LogP contribution in [0.25, 0.3) is 0 Å². The summed E-state index contributed by atoms with van der Waals surface area (Å²) in [4.78, 5) is 14.8. The third-order valence-corrected chi connectivity index (χ3v) is 3.75. The molecule has 0 unspecified atom stereocenters. The van der Waals surface area contributed by atoms with Crippen molar-refractivity contribution >= 4 is 5.97 Å². The lowest BCUT2D eigenvalue weighted by Gasteiger charge is -2.09. The van der Waals surface area contributed by atoms with Gasteiger partial charge in [-0.15, -0.1) is 5.10 Å². The highest BCUT2D eigenvalue weighted by Crippen LogP contribution is 2.47. The number of carboxylic acids is 1. The standard InChI is InChI=1S/C15H13F2N3O3/c16-13(17)10-2-1-9(7-18-10)8-23-12-4-3-11(19-20-12)15(5-6-15)14(21)22/h1-4,7,13H,5-6,8H2,(H,21,22). The Balaban J connectivity index is 1.62. The molecule has 120 valence electrons. The van der Waals surface area contributed by atoms with Gasteiger partial charge in [-0.3, -0.25) is 9.78 Å². The average molecular weight is 321 g/mol. The van der Waals surface area contributed by atoms with Crippen LogP contribution in [0.15, 0.2) is 30.5 Å². The zero-order valence-electron chi connectivity index (χ0n) is 11.9. The highest BCUT2D eigenvalue weighted by atomic mass is 19.3. The van der Waals surface area contributed by atoms with Crippen LogP contribution in [0.3, 0.4) is 0 Å². The minimum atomic E-state index is -2.60. The second-order valence-corrected chi connectivity index (χ2v) is 5.32. The van der Waals surface area contributed by atoms with E-state index in [0.717, 1.165) is 0 Å². The van der Waals surface area contributed by atoms with Gasteiger partial charge in [0.2, 0.25) is 5.88 Å². The highest BCUT2D eigenvalue weighted by Gasteiger charge is 2.53. The Bertz CT molecular complexity index is 701. The van der Waals surface area contributed by atoms with Gasteiger partial charge in [0, 0.05) is 17.8 Å². The van der Waals surface area contributed by atoms with Gasteiger partial charge in [0.25, 0.3) is 6.43 Å². The summed E-state index contributed by atoms with van der Waals surface area (Å²) in [5, 5.41) is 16.9. The minimum Gasteiger partial charge on any atom is -0.481 e. The maximum atomic E-state index is 12.4. The van der Waals surface area contributed by atoms with Gasteiger partial charge in [0.1, 0.15) is 17.7 Å². The van der Waals surface area contributed by atoms with Crippen LogP contribution in [-0.2, 0) is 16.8 Å². The van der Waals surface area contributed by atoms with Crippen LogP contribution in [0.2, 0.25) is 0 Å². The molecule has 0 saturated heterocycles. The fourth-order valence-corrected chi connectivity index (χ4v) is 2.16. The molecule has 0 aromatic carbocycles. The maximum absolute atomic E-state index is 12.4.